The zero-order valence-corrected chi connectivity index (χ0v) is 16.9. The summed E-state index contributed by atoms with van der Waals surface area (Å²) in [4.78, 5) is 13.4. The van der Waals surface area contributed by atoms with Crippen molar-refractivity contribution in [1.29, 1.82) is 0 Å². The van der Waals surface area contributed by atoms with Gasteiger partial charge in [0.05, 0.1) is 7.11 Å². The van der Waals surface area contributed by atoms with Gasteiger partial charge in [-0.2, -0.15) is 0 Å². The monoisotopic (exact) mass is 398 g/mol. The molecule has 2 aromatic rings. The van der Waals surface area contributed by atoms with Gasteiger partial charge in [0, 0.05) is 12.0 Å². The first kappa shape index (κ1) is 18.5. The molecule has 1 fully saturated rings. The summed E-state index contributed by atoms with van der Waals surface area (Å²) < 4.78 is 11.4. The Labute approximate surface area is 168 Å². The summed E-state index contributed by atoms with van der Waals surface area (Å²) >= 11 is 3.50. The number of methoxy groups -OCH3 is 1. The molecule has 1 unspecified atom stereocenters. The quantitative estimate of drug-likeness (QED) is 0.673. The van der Waals surface area contributed by atoms with E-state index in [2.05, 4.69) is 6.07 Å². The van der Waals surface area contributed by atoms with Gasteiger partial charge < -0.3 is 9.47 Å². The van der Waals surface area contributed by atoms with Crippen molar-refractivity contribution in [3.8, 4) is 11.5 Å². The highest BCUT2D eigenvalue weighted by Gasteiger charge is 2.29. The maximum Gasteiger partial charge on any atom is 0.186 e. The van der Waals surface area contributed by atoms with Gasteiger partial charge in [0.15, 0.2) is 5.78 Å². The number of benzene rings is 2. The topological polar surface area (TPSA) is 35.5 Å². The summed E-state index contributed by atoms with van der Waals surface area (Å²) in [6, 6.07) is 15.8. The van der Waals surface area contributed by atoms with E-state index in [9.17, 15) is 4.79 Å². The van der Waals surface area contributed by atoms with Crippen LogP contribution < -0.4 is 9.47 Å². The molecule has 2 aliphatic rings. The van der Waals surface area contributed by atoms with Gasteiger partial charge >= 0.3 is 0 Å². The minimum absolute atomic E-state index is 0.0417. The van der Waals surface area contributed by atoms with Crippen molar-refractivity contribution in [2.75, 3.05) is 18.6 Å². The van der Waals surface area contributed by atoms with Crippen LogP contribution in [0, 0.1) is 0 Å². The molecule has 1 atom stereocenters. The molecule has 0 aromatic heterocycles. The van der Waals surface area contributed by atoms with Gasteiger partial charge in [-0.3, -0.25) is 4.79 Å². The standard InChI is InChI=1S/C22H22O3S2/c1-24-17-8-4-7-15(12-17)19(21(23)22-26-10-5-11-27-22)14-18-13-16-6-2-3-9-20(16)25-18/h2-4,6-9,12,14,18,22H,5,10-11,13H2,1H3. The second kappa shape index (κ2) is 8.44. The van der Waals surface area contributed by atoms with E-state index in [4.69, 9.17) is 9.47 Å². The largest absolute Gasteiger partial charge is 0.497 e. The smallest absolute Gasteiger partial charge is 0.186 e. The zero-order chi connectivity index (χ0) is 18.6. The Bertz CT molecular complexity index is 831. The second-order valence-corrected chi connectivity index (χ2v) is 9.30. The fourth-order valence-corrected chi connectivity index (χ4v) is 6.12. The van der Waals surface area contributed by atoms with E-state index in [0.29, 0.717) is 0 Å². The summed E-state index contributed by atoms with van der Waals surface area (Å²) in [5, 5.41) is 0. The van der Waals surface area contributed by atoms with E-state index < -0.39 is 0 Å². The van der Waals surface area contributed by atoms with Crippen molar-refractivity contribution < 1.29 is 14.3 Å². The number of ether oxygens (including phenoxy) is 2. The van der Waals surface area contributed by atoms with E-state index in [1.165, 1.54) is 12.0 Å². The number of hydrogen-bond acceptors (Lipinski definition) is 5. The van der Waals surface area contributed by atoms with Crippen LogP contribution in [0.1, 0.15) is 17.5 Å². The van der Waals surface area contributed by atoms with E-state index in [-0.39, 0.29) is 16.5 Å². The first-order valence-electron chi connectivity index (χ1n) is 9.13. The van der Waals surface area contributed by atoms with E-state index in [0.717, 1.165) is 40.6 Å². The maximum absolute atomic E-state index is 13.4. The van der Waals surface area contributed by atoms with Crippen LogP contribution in [0.15, 0.2) is 54.6 Å². The molecule has 4 rings (SSSR count). The molecule has 140 valence electrons. The third kappa shape index (κ3) is 4.19. The molecule has 0 spiro atoms. The van der Waals surface area contributed by atoms with Crippen LogP contribution in [0.25, 0.3) is 5.57 Å². The normalized spacial score (nSPS) is 20.0. The predicted molar refractivity (Wildman–Crippen MR) is 114 cm³/mol. The lowest BCUT2D eigenvalue weighted by molar-refractivity contribution is -0.112. The first-order chi connectivity index (χ1) is 13.2. The molecule has 2 aromatic carbocycles. The minimum atomic E-state index is -0.119. The maximum atomic E-state index is 13.4. The molecule has 5 heteroatoms. The highest BCUT2D eigenvalue weighted by molar-refractivity contribution is 8.18. The van der Waals surface area contributed by atoms with Gasteiger partial charge in [0.25, 0.3) is 0 Å². The number of thioether (sulfide) groups is 2. The number of para-hydroxylation sites is 1. The van der Waals surface area contributed by atoms with Crippen molar-refractivity contribution in [3.63, 3.8) is 0 Å². The van der Waals surface area contributed by atoms with Crippen LogP contribution in [0.5, 0.6) is 11.5 Å². The van der Waals surface area contributed by atoms with Crippen molar-refractivity contribution in [2.24, 2.45) is 0 Å². The molecule has 3 nitrogen and oxygen atoms in total. The number of fused-ring (bicyclic) bond motifs is 1. The Morgan fingerprint density at radius 2 is 1.96 bits per heavy atom. The van der Waals surface area contributed by atoms with Crippen molar-refractivity contribution in [2.45, 2.75) is 23.5 Å². The number of Topliss-reactive ketones (excluding diaryl/α,β-unsaturated/α-hetero) is 1. The molecule has 0 N–H and O–H groups in total. The fraction of sp³-hybridized carbons (Fsp3) is 0.318. The average molecular weight is 399 g/mol. The highest BCUT2D eigenvalue weighted by atomic mass is 32.2. The van der Waals surface area contributed by atoms with E-state index >= 15 is 0 Å². The lowest BCUT2D eigenvalue weighted by Gasteiger charge is -2.22. The summed E-state index contributed by atoms with van der Waals surface area (Å²) in [5.41, 5.74) is 2.82. The molecule has 0 aliphatic carbocycles. The van der Waals surface area contributed by atoms with Crippen molar-refractivity contribution in [3.05, 3.63) is 65.7 Å². The number of carbonyl (C=O) groups is 1. The average Bonchev–Trinajstić information content (AvgIpc) is 3.15. The number of carbonyl (C=O) groups excluding carboxylic acids is 1. The van der Waals surface area contributed by atoms with Crippen LogP contribution in [0.3, 0.4) is 0 Å². The van der Waals surface area contributed by atoms with Gasteiger partial charge in [0.1, 0.15) is 22.2 Å². The molecule has 27 heavy (non-hydrogen) atoms. The Morgan fingerprint density at radius 1 is 1.15 bits per heavy atom. The molecule has 2 heterocycles. The Kier molecular flexibility index (Phi) is 5.79. The predicted octanol–water partition coefficient (Wildman–Crippen LogP) is 4.85. The molecule has 0 radical (unpaired) electrons. The number of ketones is 1. The lowest BCUT2D eigenvalue weighted by atomic mass is 9.99. The molecule has 1 saturated heterocycles. The highest BCUT2D eigenvalue weighted by Crippen LogP contribution is 2.37. The van der Waals surface area contributed by atoms with Gasteiger partial charge in [-0.05, 0) is 53.3 Å². The van der Waals surface area contributed by atoms with Crippen LogP contribution in [0.2, 0.25) is 0 Å². The molecule has 0 amide bonds. The first-order valence-corrected chi connectivity index (χ1v) is 11.2. The Morgan fingerprint density at radius 3 is 2.74 bits per heavy atom. The van der Waals surface area contributed by atoms with Crippen LogP contribution in [-0.2, 0) is 11.2 Å². The SMILES string of the molecule is COc1cccc(C(=CC2Cc3ccccc3O2)C(=O)C2SCCCS2)c1. The van der Waals surface area contributed by atoms with Crippen LogP contribution in [-0.4, -0.2) is 35.1 Å². The summed E-state index contributed by atoms with van der Waals surface area (Å²) in [6.45, 7) is 0. The molecular weight excluding hydrogens is 376 g/mol. The van der Waals surface area contributed by atoms with Crippen LogP contribution in [0.4, 0.5) is 0 Å². The third-order valence-electron chi connectivity index (χ3n) is 4.71. The summed E-state index contributed by atoms with van der Waals surface area (Å²) in [7, 11) is 1.65. The number of hydrogen-bond donors (Lipinski definition) is 0. The third-order valence-corrected chi connectivity index (χ3v) is 7.61. The number of allylic oxidation sites excluding steroid dienone is 1. The van der Waals surface area contributed by atoms with Gasteiger partial charge in [-0.25, -0.2) is 0 Å². The number of rotatable bonds is 5. The fourth-order valence-electron chi connectivity index (χ4n) is 3.37. The van der Waals surface area contributed by atoms with Crippen molar-refractivity contribution in [1.82, 2.24) is 0 Å². The Hall–Kier alpha value is -1.85. The second-order valence-electron chi connectivity index (χ2n) is 6.57. The van der Waals surface area contributed by atoms with Crippen LogP contribution >= 0.6 is 23.5 Å². The Balaban J connectivity index is 1.66. The van der Waals surface area contributed by atoms with Gasteiger partial charge in [-0.15, -0.1) is 23.5 Å². The summed E-state index contributed by atoms with van der Waals surface area (Å²) in [5.74, 6) is 3.93. The molecule has 2 aliphatic heterocycles. The van der Waals surface area contributed by atoms with Gasteiger partial charge in [-0.1, -0.05) is 30.3 Å². The molecular formula is C22H22O3S2. The molecule has 0 bridgehead atoms. The zero-order valence-electron chi connectivity index (χ0n) is 15.2. The lowest BCUT2D eigenvalue weighted by Crippen LogP contribution is -2.21. The molecule has 0 saturated carbocycles. The van der Waals surface area contributed by atoms with Crippen molar-refractivity contribution >= 4 is 34.9 Å². The van der Waals surface area contributed by atoms with Gasteiger partial charge in [0.2, 0.25) is 0 Å². The minimum Gasteiger partial charge on any atom is -0.497 e. The summed E-state index contributed by atoms with van der Waals surface area (Å²) in [6.07, 6.45) is 3.85. The van der Waals surface area contributed by atoms with E-state index in [1.54, 1.807) is 30.6 Å². The van der Waals surface area contributed by atoms with E-state index in [1.807, 2.05) is 48.5 Å².